The van der Waals surface area contributed by atoms with Crippen molar-refractivity contribution in [2.45, 2.75) is 13.0 Å². The maximum Gasteiger partial charge on any atom is 0.131 e. The van der Waals surface area contributed by atoms with E-state index in [1.807, 2.05) is 31.2 Å². The van der Waals surface area contributed by atoms with Crippen LogP contribution in [0.2, 0.25) is 10.2 Å². The minimum absolute atomic E-state index is 0.0871. The Morgan fingerprint density at radius 3 is 2.67 bits per heavy atom. The molecule has 2 rings (SSSR count). The molecule has 0 radical (unpaired) electrons. The molecule has 0 saturated carbocycles. The van der Waals surface area contributed by atoms with E-state index in [9.17, 15) is 0 Å². The minimum atomic E-state index is 0.0871. The van der Waals surface area contributed by atoms with Crippen molar-refractivity contribution in [3.8, 4) is 0 Å². The molecule has 18 heavy (non-hydrogen) atoms. The summed E-state index contributed by atoms with van der Waals surface area (Å²) in [5.41, 5.74) is 1.95. The maximum atomic E-state index is 6.21. The van der Waals surface area contributed by atoms with E-state index in [0.29, 0.717) is 5.15 Å². The molecule has 0 bridgehead atoms. The van der Waals surface area contributed by atoms with Gasteiger partial charge in [0.2, 0.25) is 0 Å². The molecule has 0 aliphatic rings. The highest BCUT2D eigenvalue weighted by Gasteiger charge is 2.10. The van der Waals surface area contributed by atoms with Gasteiger partial charge in [0.05, 0.1) is 0 Å². The van der Waals surface area contributed by atoms with Crippen molar-refractivity contribution in [1.82, 2.24) is 4.98 Å². The molecule has 0 aliphatic carbocycles. The van der Waals surface area contributed by atoms with E-state index in [1.165, 1.54) is 0 Å². The maximum absolute atomic E-state index is 6.21. The third-order valence-electron chi connectivity index (χ3n) is 2.54. The second-order valence-corrected chi connectivity index (χ2v) is 5.61. The number of halogens is 3. The second-order valence-electron chi connectivity index (χ2n) is 3.90. The zero-order valence-corrected chi connectivity index (χ0v) is 12.7. The number of benzene rings is 1. The summed E-state index contributed by atoms with van der Waals surface area (Å²) in [6.45, 7) is 2.05. The van der Waals surface area contributed by atoms with Crippen LogP contribution < -0.4 is 5.32 Å². The fraction of sp³-hybridized carbons (Fsp3) is 0.154. The van der Waals surface area contributed by atoms with Crippen molar-refractivity contribution < 1.29 is 0 Å². The fourth-order valence-electron chi connectivity index (χ4n) is 1.67. The first-order valence-corrected chi connectivity index (χ1v) is 6.94. The first kappa shape index (κ1) is 13.7. The van der Waals surface area contributed by atoms with E-state index in [0.717, 1.165) is 20.7 Å². The Balaban J connectivity index is 2.19. The number of nitrogens with zero attached hydrogens (tertiary/aromatic N) is 1. The molecule has 1 heterocycles. The molecule has 0 aliphatic heterocycles. The number of rotatable bonds is 3. The molecule has 5 heteroatoms. The molecular weight excluding hydrogens is 335 g/mol. The number of aromatic nitrogens is 1. The molecule has 2 aromatic rings. The lowest BCUT2D eigenvalue weighted by atomic mass is 10.1. The monoisotopic (exact) mass is 344 g/mol. The van der Waals surface area contributed by atoms with Crippen LogP contribution in [0.4, 0.5) is 5.69 Å². The molecule has 94 valence electrons. The lowest BCUT2D eigenvalue weighted by molar-refractivity contribution is 0.884. The van der Waals surface area contributed by atoms with Crippen LogP contribution in [0, 0.1) is 0 Å². The van der Waals surface area contributed by atoms with E-state index in [2.05, 4.69) is 26.2 Å². The number of nitrogens with one attached hydrogen (secondary N) is 1. The Labute approximate surface area is 124 Å². The Bertz CT molecular complexity index is 560. The Kier molecular flexibility index (Phi) is 4.49. The van der Waals surface area contributed by atoms with Gasteiger partial charge in [0.25, 0.3) is 0 Å². The average molecular weight is 346 g/mol. The summed E-state index contributed by atoms with van der Waals surface area (Å²) in [5.74, 6) is 0. The van der Waals surface area contributed by atoms with Gasteiger partial charge in [-0.3, -0.25) is 0 Å². The molecule has 1 aromatic heterocycles. The second kappa shape index (κ2) is 5.91. The summed E-state index contributed by atoms with van der Waals surface area (Å²) >= 11 is 15.4. The van der Waals surface area contributed by atoms with Crippen molar-refractivity contribution in [1.29, 1.82) is 0 Å². The molecule has 0 fully saturated rings. The van der Waals surface area contributed by atoms with Crippen LogP contribution in [0.15, 0.2) is 41.0 Å². The number of anilines is 1. The zero-order valence-electron chi connectivity index (χ0n) is 9.62. The summed E-state index contributed by atoms with van der Waals surface area (Å²) in [6, 6.07) is 9.59. The van der Waals surface area contributed by atoms with Gasteiger partial charge in [-0.05, 0) is 36.8 Å². The number of hydrogen-bond acceptors (Lipinski definition) is 2. The van der Waals surface area contributed by atoms with Crippen LogP contribution in [-0.2, 0) is 0 Å². The summed E-state index contributed by atoms with van der Waals surface area (Å²) in [5, 5.41) is 4.53. The smallest absolute Gasteiger partial charge is 0.131 e. The number of pyridine rings is 1. The Morgan fingerprint density at radius 2 is 2.00 bits per heavy atom. The van der Waals surface area contributed by atoms with Crippen LogP contribution >= 0.6 is 39.1 Å². The van der Waals surface area contributed by atoms with Gasteiger partial charge < -0.3 is 5.32 Å². The van der Waals surface area contributed by atoms with E-state index < -0.39 is 0 Å². The summed E-state index contributed by atoms with van der Waals surface area (Å²) < 4.78 is 0.968. The van der Waals surface area contributed by atoms with Gasteiger partial charge in [-0.1, -0.05) is 45.2 Å². The van der Waals surface area contributed by atoms with Crippen molar-refractivity contribution >= 4 is 44.8 Å². The van der Waals surface area contributed by atoms with Crippen molar-refractivity contribution in [3.05, 3.63) is 56.7 Å². The first-order valence-electron chi connectivity index (χ1n) is 5.39. The van der Waals surface area contributed by atoms with Crippen LogP contribution in [0.1, 0.15) is 18.5 Å². The topological polar surface area (TPSA) is 24.9 Å². The van der Waals surface area contributed by atoms with Gasteiger partial charge in [0, 0.05) is 27.4 Å². The fourth-order valence-corrected chi connectivity index (χ4v) is 2.68. The zero-order chi connectivity index (χ0) is 13.1. The highest BCUT2D eigenvalue weighted by molar-refractivity contribution is 9.10. The molecule has 0 amide bonds. The molecule has 0 spiro atoms. The molecular formula is C13H11BrCl2N2. The summed E-state index contributed by atoms with van der Waals surface area (Å²) in [7, 11) is 0. The van der Waals surface area contributed by atoms with Crippen molar-refractivity contribution in [3.63, 3.8) is 0 Å². The van der Waals surface area contributed by atoms with E-state index >= 15 is 0 Å². The predicted octanol–water partition coefficient (Wildman–Crippen LogP) is 5.32. The SMILES string of the molecule is CC(Nc1ccnc(Cl)c1)c1ccc(Br)cc1Cl. The highest BCUT2D eigenvalue weighted by atomic mass is 79.9. The van der Waals surface area contributed by atoms with Crippen molar-refractivity contribution in [2.75, 3.05) is 5.32 Å². The standard InChI is InChI=1S/C13H11BrCl2N2/c1-8(11-3-2-9(14)6-12(11)15)18-10-4-5-17-13(16)7-10/h2-8H,1H3,(H,17,18). The third-order valence-corrected chi connectivity index (χ3v) is 3.57. The van der Waals surface area contributed by atoms with E-state index in [1.54, 1.807) is 12.3 Å². The number of hydrogen-bond donors (Lipinski definition) is 1. The quantitative estimate of drug-likeness (QED) is 0.761. The van der Waals surface area contributed by atoms with Crippen molar-refractivity contribution in [2.24, 2.45) is 0 Å². The van der Waals surface area contributed by atoms with Crippen LogP contribution in [-0.4, -0.2) is 4.98 Å². The summed E-state index contributed by atoms with van der Waals surface area (Å²) in [6.07, 6.45) is 1.67. The van der Waals surface area contributed by atoms with E-state index in [-0.39, 0.29) is 6.04 Å². The lowest BCUT2D eigenvalue weighted by Gasteiger charge is -2.17. The molecule has 0 saturated heterocycles. The van der Waals surface area contributed by atoms with Gasteiger partial charge in [0.15, 0.2) is 0 Å². The third kappa shape index (κ3) is 3.37. The summed E-state index contributed by atoms with van der Waals surface area (Å²) in [4.78, 5) is 3.94. The first-order chi connectivity index (χ1) is 8.56. The predicted molar refractivity (Wildman–Crippen MR) is 80.4 cm³/mol. The largest absolute Gasteiger partial charge is 0.378 e. The van der Waals surface area contributed by atoms with Crippen LogP contribution in [0.25, 0.3) is 0 Å². The minimum Gasteiger partial charge on any atom is -0.378 e. The van der Waals surface area contributed by atoms with Gasteiger partial charge in [-0.2, -0.15) is 0 Å². The van der Waals surface area contributed by atoms with Gasteiger partial charge in [-0.15, -0.1) is 0 Å². The van der Waals surface area contributed by atoms with Gasteiger partial charge in [0.1, 0.15) is 5.15 Å². The Morgan fingerprint density at radius 1 is 1.22 bits per heavy atom. The highest BCUT2D eigenvalue weighted by Crippen LogP contribution is 2.28. The van der Waals surface area contributed by atoms with Gasteiger partial charge in [-0.25, -0.2) is 4.98 Å². The molecule has 2 nitrogen and oxygen atoms in total. The molecule has 1 aromatic carbocycles. The van der Waals surface area contributed by atoms with Crippen LogP contribution in [0.5, 0.6) is 0 Å². The molecule has 1 N–H and O–H groups in total. The Hall–Kier alpha value is -0.770. The van der Waals surface area contributed by atoms with E-state index in [4.69, 9.17) is 23.2 Å². The normalized spacial score (nSPS) is 12.2. The van der Waals surface area contributed by atoms with Gasteiger partial charge >= 0.3 is 0 Å². The molecule has 1 unspecified atom stereocenters. The van der Waals surface area contributed by atoms with Crippen LogP contribution in [0.3, 0.4) is 0 Å². The molecule has 1 atom stereocenters. The lowest BCUT2D eigenvalue weighted by Crippen LogP contribution is -2.07. The average Bonchev–Trinajstić information content (AvgIpc) is 2.28.